The number of methoxy groups -OCH3 is 1. The van der Waals surface area contributed by atoms with Gasteiger partial charge in [-0.25, -0.2) is 4.58 Å². The Bertz CT molecular complexity index is 1730. The van der Waals surface area contributed by atoms with E-state index in [0.29, 0.717) is 0 Å². The fourth-order valence-corrected chi connectivity index (χ4v) is 7.37. The molecule has 0 bridgehead atoms. The van der Waals surface area contributed by atoms with Gasteiger partial charge in [0, 0.05) is 19.1 Å². The van der Waals surface area contributed by atoms with E-state index in [4.69, 9.17) is 9.73 Å². The van der Waals surface area contributed by atoms with Crippen molar-refractivity contribution in [1.82, 2.24) is 0 Å². The third-order valence-electron chi connectivity index (χ3n) is 9.32. The van der Waals surface area contributed by atoms with Gasteiger partial charge < -0.3 is 9.84 Å². The number of rotatable bonds is 1. The summed E-state index contributed by atoms with van der Waals surface area (Å²) in [6.07, 6.45) is 2.93. The van der Waals surface area contributed by atoms with Crippen molar-refractivity contribution in [3.63, 3.8) is 0 Å². The summed E-state index contributed by atoms with van der Waals surface area (Å²) in [5.74, 6) is -1.15. The van der Waals surface area contributed by atoms with E-state index in [1.807, 2.05) is 6.34 Å². The molecule has 5 unspecified atom stereocenters. The van der Waals surface area contributed by atoms with Crippen molar-refractivity contribution < 1.29 is 14.4 Å². The minimum absolute atomic E-state index is 0.0786. The zero-order valence-electron chi connectivity index (χ0n) is 21.7. The van der Waals surface area contributed by atoms with Crippen LogP contribution < -0.4 is 0 Å². The lowest BCUT2D eigenvalue weighted by Crippen LogP contribution is -2.41. The Labute approximate surface area is 216 Å². The Morgan fingerprint density at radius 1 is 0.946 bits per heavy atom. The van der Waals surface area contributed by atoms with E-state index in [2.05, 4.69) is 92.1 Å². The Hall–Kier alpha value is -3.34. The third-order valence-corrected chi connectivity index (χ3v) is 9.32. The first kappa shape index (κ1) is 21.7. The molecule has 0 spiro atoms. The predicted molar refractivity (Wildman–Crippen MR) is 148 cm³/mol. The lowest BCUT2D eigenvalue weighted by molar-refractivity contribution is -0.443. The molecule has 4 nitrogen and oxygen atoms in total. The van der Waals surface area contributed by atoms with Crippen molar-refractivity contribution in [3.05, 3.63) is 94.5 Å². The minimum atomic E-state index is -1.21. The molecule has 2 heterocycles. The van der Waals surface area contributed by atoms with Crippen LogP contribution in [0.1, 0.15) is 60.4 Å². The first-order valence-electron chi connectivity index (χ1n) is 13.3. The lowest BCUT2D eigenvalue weighted by atomic mass is 9.79. The van der Waals surface area contributed by atoms with Crippen molar-refractivity contribution in [2.24, 2.45) is 4.99 Å². The number of aliphatic hydroxyl groups is 1. The Morgan fingerprint density at radius 3 is 2.49 bits per heavy atom. The van der Waals surface area contributed by atoms with Crippen molar-refractivity contribution in [1.29, 1.82) is 0 Å². The smallest absolute Gasteiger partial charge is 0.281 e. The maximum Gasteiger partial charge on any atom is 0.281 e. The van der Waals surface area contributed by atoms with Gasteiger partial charge in [0.15, 0.2) is 12.1 Å². The van der Waals surface area contributed by atoms with Crippen LogP contribution in [0, 0.1) is 0 Å². The molecule has 4 aliphatic rings. The van der Waals surface area contributed by atoms with Crippen LogP contribution in [-0.2, 0) is 16.6 Å². The lowest BCUT2D eigenvalue weighted by Gasteiger charge is -2.28. The third kappa shape index (κ3) is 2.75. The van der Waals surface area contributed by atoms with Crippen LogP contribution in [0.3, 0.4) is 0 Å². The maximum absolute atomic E-state index is 11.5. The molecule has 37 heavy (non-hydrogen) atoms. The molecule has 0 radical (unpaired) electrons. The highest BCUT2D eigenvalue weighted by molar-refractivity contribution is 6.16. The van der Waals surface area contributed by atoms with Crippen molar-refractivity contribution in [2.75, 3.05) is 7.11 Å². The topological polar surface area (TPSA) is 44.8 Å². The summed E-state index contributed by atoms with van der Waals surface area (Å²) in [4.78, 5) is 5.07. The molecular weight excluding hydrogens is 456 g/mol. The summed E-state index contributed by atoms with van der Waals surface area (Å²) in [7, 11) is 1.62. The van der Waals surface area contributed by atoms with Crippen LogP contribution in [-0.4, -0.2) is 46.7 Å². The van der Waals surface area contributed by atoms with Gasteiger partial charge in [-0.05, 0) is 55.3 Å². The van der Waals surface area contributed by atoms with E-state index in [1.54, 1.807) is 7.11 Å². The zero-order valence-corrected chi connectivity index (χ0v) is 21.7. The van der Waals surface area contributed by atoms with Crippen LogP contribution in [0.25, 0.3) is 21.5 Å². The van der Waals surface area contributed by atoms with Crippen LogP contribution >= 0.6 is 0 Å². The van der Waals surface area contributed by atoms with Gasteiger partial charge in [-0.2, -0.15) is 0 Å². The van der Waals surface area contributed by atoms with E-state index >= 15 is 0 Å². The van der Waals surface area contributed by atoms with Gasteiger partial charge in [0.1, 0.15) is 5.71 Å². The number of benzene rings is 4. The number of aliphatic imine (C=N–C) groups is 1. The molecule has 4 aromatic carbocycles. The van der Waals surface area contributed by atoms with Gasteiger partial charge >= 0.3 is 0 Å². The first-order chi connectivity index (χ1) is 17.8. The molecule has 0 amide bonds. The van der Waals surface area contributed by atoms with E-state index in [1.165, 1.54) is 55.1 Å². The highest BCUT2D eigenvalue weighted by atomic mass is 16.6. The van der Waals surface area contributed by atoms with Gasteiger partial charge in [0.2, 0.25) is 5.79 Å². The monoisotopic (exact) mass is 487 g/mol. The molecule has 184 valence electrons. The first-order valence-corrected chi connectivity index (χ1v) is 13.3. The molecule has 0 saturated heterocycles. The van der Waals surface area contributed by atoms with Gasteiger partial charge in [-0.15, -0.1) is 0 Å². The number of hydrogen-bond donors (Lipinski definition) is 1. The Kier molecular flexibility index (Phi) is 4.08. The van der Waals surface area contributed by atoms with Crippen LogP contribution in [0.4, 0.5) is 0 Å². The van der Waals surface area contributed by atoms with Gasteiger partial charge in [-0.3, -0.25) is 0 Å². The Balaban J connectivity index is 1.42. The van der Waals surface area contributed by atoms with E-state index in [-0.39, 0.29) is 29.3 Å². The molecule has 4 aromatic rings. The van der Waals surface area contributed by atoms with Crippen LogP contribution in [0.15, 0.2) is 71.7 Å². The summed E-state index contributed by atoms with van der Waals surface area (Å²) >= 11 is 0. The summed E-state index contributed by atoms with van der Waals surface area (Å²) in [6.45, 7) is 6.79. The second-order valence-corrected chi connectivity index (χ2v) is 12.3. The van der Waals surface area contributed by atoms with Crippen molar-refractivity contribution in [2.45, 2.75) is 62.3 Å². The second kappa shape index (κ2) is 6.94. The molecule has 0 aromatic heterocycles. The molecule has 1 saturated carbocycles. The maximum atomic E-state index is 11.5. The summed E-state index contributed by atoms with van der Waals surface area (Å²) in [5, 5.41) is 16.6. The highest BCUT2D eigenvalue weighted by Gasteiger charge is 2.74. The van der Waals surface area contributed by atoms with E-state index in [0.717, 1.165) is 6.42 Å². The average Bonchev–Trinajstić information content (AvgIpc) is 3.36. The molecule has 4 heteroatoms. The average molecular weight is 488 g/mol. The van der Waals surface area contributed by atoms with Crippen molar-refractivity contribution >= 4 is 33.6 Å². The highest BCUT2D eigenvalue weighted by Crippen LogP contribution is 2.59. The fourth-order valence-electron chi connectivity index (χ4n) is 7.37. The van der Waals surface area contributed by atoms with Gasteiger partial charge in [0.05, 0.1) is 11.8 Å². The van der Waals surface area contributed by atoms with Crippen molar-refractivity contribution in [3.8, 4) is 0 Å². The van der Waals surface area contributed by atoms with Crippen LogP contribution in [0.2, 0.25) is 0 Å². The number of hydrogen-bond acceptors (Lipinski definition) is 3. The molecule has 1 N–H and O–H groups in total. The molecule has 2 aliphatic carbocycles. The number of fused-ring (bicyclic) bond motifs is 12. The summed E-state index contributed by atoms with van der Waals surface area (Å²) in [5.41, 5.74) is 7.89. The number of nitrogens with zero attached hydrogens (tertiary/aromatic N) is 2. The molecular formula is C33H31N2O2+. The summed E-state index contributed by atoms with van der Waals surface area (Å²) < 4.78 is 8.00. The number of ether oxygens (including phenoxy) is 1. The van der Waals surface area contributed by atoms with Crippen LogP contribution in [0.5, 0.6) is 0 Å². The van der Waals surface area contributed by atoms with E-state index < -0.39 is 5.79 Å². The minimum Gasteiger partial charge on any atom is -0.362 e. The fraction of sp³-hybridized carbons (Fsp3) is 0.333. The second-order valence-electron chi connectivity index (χ2n) is 12.3. The zero-order chi connectivity index (χ0) is 25.3. The predicted octanol–water partition coefficient (Wildman–Crippen LogP) is 5.66. The largest absolute Gasteiger partial charge is 0.362 e. The SMILES string of the molecule is COC1(O)C2c3ccc4cc(C(C)(C)C)ccc4c3C3=[N+](C=NC4Cc5cc6ccccc6cc5C34)C21. The van der Waals surface area contributed by atoms with Gasteiger partial charge in [0.25, 0.3) is 6.34 Å². The molecule has 1 fully saturated rings. The van der Waals surface area contributed by atoms with Gasteiger partial charge in [-0.1, -0.05) is 86.4 Å². The standard InChI is InChI=1S/C33H31N2O2/c1-32(2,3)22-10-12-23-20(14-22)9-11-24-27(23)30-28-25-15-19-8-6-5-7-18(19)13-21(25)16-26(28)34-17-35(30)31-29(24)33(31,36)37-4/h5-15,17,26,28-29,31,36H,16H2,1-4H3/q+1. The Morgan fingerprint density at radius 2 is 1.73 bits per heavy atom. The molecule has 2 aliphatic heterocycles. The molecule has 8 rings (SSSR count). The normalized spacial score (nSPS) is 29.1. The quantitative estimate of drug-likeness (QED) is 0.278. The molecule has 5 atom stereocenters. The van der Waals surface area contributed by atoms with E-state index in [9.17, 15) is 5.11 Å². The summed E-state index contributed by atoms with van der Waals surface area (Å²) in [6, 6.07) is 24.8.